The van der Waals surface area contributed by atoms with E-state index in [1.54, 1.807) is 4.90 Å². The van der Waals surface area contributed by atoms with E-state index in [2.05, 4.69) is 4.98 Å². The Hall–Kier alpha value is -3.66. The Morgan fingerprint density at radius 3 is 2.27 bits per heavy atom. The Bertz CT molecular complexity index is 1240. The van der Waals surface area contributed by atoms with E-state index in [0.717, 1.165) is 27.6 Å². The number of aromatic amines is 1. The van der Waals surface area contributed by atoms with E-state index in [9.17, 15) is 9.59 Å². The first-order chi connectivity index (χ1) is 14.5. The highest BCUT2D eigenvalue weighted by molar-refractivity contribution is 5.94. The number of amides is 1. The maximum absolute atomic E-state index is 13.3. The van der Waals surface area contributed by atoms with Crippen LogP contribution >= 0.6 is 0 Å². The van der Waals surface area contributed by atoms with Crippen LogP contribution in [0, 0.1) is 13.8 Å². The van der Waals surface area contributed by atoms with Crippen LogP contribution in [-0.4, -0.2) is 15.8 Å². The first-order valence-electron chi connectivity index (χ1n) is 10.0. The predicted molar refractivity (Wildman–Crippen MR) is 121 cm³/mol. The molecule has 4 heteroatoms. The number of H-pyrrole nitrogens is 1. The molecule has 0 aliphatic carbocycles. The number of aryl methyl sites for hydroxylation is 2. The molecule has 0 unspecified atom stereocenters. The number of nitrogens with one attached hydrogen (secondary N) is 1. The molecule has 0 atom stereocenters. The zero-order valence-electron chi connectivity index (χ0n) is 17.2. The molecule has 0 spiro atoms. The largest absolute Gasteiger partial charge is 0.330 e. The normalized spacial score (nSPS) is 10.9. The fraction of sp³-hybridized carbons (Fsp3) is 0.154. The van der Waals surface area contributed by atoms with Gasteiger partial charge in [-0.3, -0.25) is 9.59 Å². The van der Waals surface area contributed by atoms with E-state index < -0.39 is 0 Å². The molecule has 4 aromatic rings. The van der Waals surface area contributed by atoms with Crippen LogP contribution in [0.2, 0.25) is 0 Å². The summed E-state index contributed by atoms with van der Waals surface area (Å²) in [6.45, 7) is 4.68. The molecule has 1 amide bonds. The Morgan fingerprint density at radius 1 is 0.833 bits per heavy atom. The van der Waals surface area contributed by atoms with Gasteiger partial charge in [0.05, 0.1) is 6.54 Å². The number of carbonyl (C=O) groups is 1. The summed E-state index contributed by atoms with van der Waals surface area (Å²) in [5, 5.41) is 0.965. The van der Waals surface area contributed by atoms with E-state index in [1.165, 1.54) is 0 Å². The van der Waals surface area contributed by atoms with Gasteiger partial charge in [0.25, 0.3) is 11.5 Å². The lowest BCUT2D eigenvalue weighted by Gasteiger charge is -2.23. The van der Waals surface area contributed by atoms with Gasteiger partial charge in [-0.25, -0.2) is 0 Å². The first kappa shape index (κ1) is 19.6. The zero-order valence-corrected chi connectivity index (χ0v) is 17.2. The number of benzene rings is 3. The molecule has 0 radical (unpaired) electrons. The van der Waals surface area contributed by atoms with E-state index in [1.807, 2.05) is 92.7 Å². The molecule has 3 aromatic carbocycles. The number of rotatable bonds is 5. The van der Waals surface area contributed by atoms with Gasteiger partial charge in [-0.2, -0.15) is 0 Å². The van der Waals surface area contributed by atoms with Crippen LogP contribution in [0.25, 0.3) is 10.9 Å². The Labute approximate surface area is 175 Å². The lowest BCUT2D eigenvalue weighted by atomic mass is 10.1. The summed E-state index contributed by atoms with van der Waals surface area (Å²) in [6.07, 6.45) is 0. The second kappa shape index (κ2) is 8.37. The number of carbonyl (C=O) groups excluding carboxylic acids is 1. The molecule has 30 heavy (non-hydrogen) atoms. The summed E-state index contributed by atoms with van der Waals surface area (Å²) in [5.41, 5.74) is 5.06. The summed E-state index contributed by atoms with van der Waals surface area (Å²) in [7, 11) is 0. The number of nitrogens with zero attached hydrogens (tertiary/aromatic N) is 1. The Balaban J connectivity index is 1.71. The van der Waals surface area contributed by atoms with Gasteiger partial charge in [0.1, 0.15) is 0 Å². The fourth-order valence-corrected chi connectivity index (χ4v) is 3.58. The summed E-state index contributed by atoms with van der Waals surface area (Å²) >= 11 is 0. The van der Waals surface area contributed by atoms with Crippen molar-refractivity contribution in [3.8, 4) is 0 Å². The maximum Gasteiger partial charge on any atom is 0.254 e. The van der Waals surface area contributed by atoms with Gasteiger partial charge in [0.15, 0.2) is 0 Å². The van der Waals surface area contributed by atoms with E-state index in [0.29, 0.717) is 17.7 Å². The van der Waals surface area contributed by atoms with E-state index in [4.69, 9.17) is 0 Å². The fourth-order valence-electron chi connectivity index (χ4n) is 3.58. The number of fused-ring (bicyclic) bond motifs is 1. The number of aromatic nitrogens is 1. The van der Waals surface area contributed by atoms with Crippen molar-refractivity contribution in [3.63, 3.8) is 0 Å². The van der Waals surface area contributed by atoms with Crippen molar-refractivity contribution in [2.75, 3.05) is 0 Å². The Kier molecular flexibility index (Phi) is 5.48. The second-order valence-electron chi connectivity index (χ2n) is 7.73. The summed E-state index contributed by atoms with van der Waals surface area (Å²) < 4.78 is 0. The van der Waals surface area contributed by atoms with Crippen molar-refractivity contribution < 1.29 is 4.79 Å². The molecule has 1 heterocycles. The Morgan fingerprint density at radius 2 is 1.53 bits per heavy atom. The van der Waals surface area contributed by atoms with Crippen molar-refractivity contribution in [1.29, 1.82) is 0 Å². The molecule has 1 N–H and O–H groups in total. The third-order valence-electron chi connectivity index (χ3n) is 5.24. The number of hydrogen-bond donors (Lipinski definition) is 1. The van der Waals surface area contributed by atoms with Crippen molar-refractivity contribution in [2.24, 2.45) is 0 Å². The van der Waals surface area contributed by atoms with Crippen molar-refractivity contribution >= 4 is 16.8 Å². The molecule has 4 nitrogen and oxygen atoms in total. The van der Waals surface area contributed by atoms with Gasteiger partial charge in [0.2, 0.25) is 0 Å². The van der Waals surface area contributed by atoms with Gasteiger partial charge in [0, 0.05) is 23.2 Å². The first-order valence-corrected chi connectivity index (χ1v) is 10.0. The minimum absolute atomic E-state index is 0.0948. The van der Waals surface area contributed by atoms with Crippen LogP contribution in [0.4, 0.5) is 0 Å². The van der Waals surface area contributed by atoms with Crippen LogP contribution < -0.4 is 5.56 Å². The molecule has 1 aromatic heterocycles. The van der Waals surface area contributed by atoms with Crippen LogP contribution in [0.1, 0.15) is 32.6 Å². The lowest BCUT2D eigenvalue weighted by Crippen LogP contribution is -2.32. The third kappa shape index (κ3) is 4.33. The minimum atomic E-state index is -0.166. The van der Waals surface area contributed by atoms with Crippen LogP contribution in [0.15, 0.2) is 83.7 Å². The van der Waals surface area contributed by atoms with Gasteiger partial charge >= 0.3 is 0 Å². The highest BCUT2D eigenvalue weighted by atomic mass is 16.2. The number of pyridine rings is 1. The second-order valence-corrected chi connectivity index (χ2v) is 7.73. The molecule has 0 aliphatic rings. The standard InChI is InChI=1S/C26H24N2O2/c1-18-8-11-21(12-9-18)26(30)28(16-20-6-4-3-5-7-20)17-23-15-22-14-19(2)10-13-24(22)27-25(23)29/h3-15H,16-17H2,1-2H3,(H,27,29). The minimum Gasteiger partial charge on any atom is -0.330 e. The van der Waals surface area contributed by atoms with Crippen molar-refractivity contribution in [2.45, 2.75) is 26.9 Å². The average Bonchev–Trinajstić information content (AvgIpc) is 2.75. The highest BCUT2D eigenvalue weighted by Gasteiger charge is 2.18. The zero-order chi connectivity index (χ0) is 21.1. The van der Waals surface area contributed by atoms with Gasteiger partial charge < -0.3 is 9.88 Å². The molecule has 0 saturated carbocycles. The predicted octanol–water partition coefficient (Wildman–Crippen LogP) is 4.99. The quantitative estimate of drug-likeness (QED) is 0.517. The van der Waals surface area contributed by atoms with Gasteiger partial charge in [-0.05, 0) is 55.1 Å². The molecule has 0 fully saturated rings. The van der Waals surface area contributed by atoms with Crippen molar-refractivity contribution in [1.82, 2.24) is 9.88 Å². The molecular weight excluding hydrogens is 372 g/mol. The monoisotopic (exact) mass is 396 g/mol. The van der Waals surface area contributed by atoms with Crippen LogP contribution in [-0.2, 0) is 13.1 Å². The van der Waals surface area contributed by atoms with Gasteiger partial charge in [-0.15, -0.1) is 0 Å². The highest BCUT2D eigenvalue weighted by Crippen LogP contribution is 2.17. The SMILES string of the molecule is Cc1ccc(C(=O)N(Cc2ccccc2)Cc2cc3cc(C)ccc3[nH]c2=O)cc1. The summed E-state index contributed by atoms with van der Waals surface area (Å²) in [4.78, 5) is 30.7. The van der Waals surface area contributed by atoms with Crippen LogP contribution in [0.3, 0.4) is 0 Å². The van der Waals surface area contributed by atoms with Crippen molar-refractivity contribution in [3.05, 3.63) is 117 Å². The molecule has 0 aliphatic heterocycles. The van der Waals surface area contributed by atoms with E-state index in [-0.39, 0.29) is 18.0 Å². The molecule has 4 rings (SSSR count). The molecule has 0 bridgehead atoms. The lowest BCUT2D eigenvalue weighted by molar-refractivity contribution is 0.0729. The van der Waals surface area contributed by atoms with E-state index >= 15 is 0 Å². The smallest absolute Gasteiger partial charge is 0.254 e. The van der Waals surface area contributed by atoms with Gasteiger partial charge in [-0.1, -0.05) is 59.7 Å². The third-order valence-corrected chi connectivity index (χ3v) is 5.24. The molecular formula is C26H24N2O2. The molecule has 150 valence electrons. The molecule has 0 saturated heterocycles. The number of hydrogen-bond acceptors (Lipinski definition) is 2. The summed E-state index contributed by atoms with van der Waals surface area (Å²) in [6, 6.07) is 25.2. The topological polar surface area (TPSA) is 53.2 Å². The average molecular weight is 396 g/mol. The summed E-state index contributed by atoms with van der Waals surface area (Å²) in [5.74, 6) is -0.0948. The maximum atomic E-state index is 13.3. The van der Waals surface area contributed by atoms with Crippen LogP contribution in [0.5, 0.6) is 0 Å².